The second kappa shape index (κ2) is 5.46. The van der Waals surface area contributed by atoms with E-state index in [1.54, 1.807) is 30.5 Å². The van der Waals surface area contributed by atoms with Crippen LogP contribution in [0, 0.1) is 6.92 Å². The van der Waals surface area contributed by atoms with E-state index in [1.165, 1.54) is 0 Å². The highest BCUT2D eigenvalue weighted by molar-refractivity contribution is 5.88. The minimum Gasteiger partial charge on any atom is -0.478 e. The van der Waals surface area contributed by atoms with Crippen LogP contribution in [0.2, 0.25) is 0 Å². The summed E-state index contributed by atoms with van der Waals surface area (Å²) in [6.45, 7) is 1.93. The van der Waals surface area contributed by atoms with Crippen LogP contribution >= 0.6 is 12.4 Å². The standard InChI is InChI=1S/C13H11NO2.ClH/c1-9-8-12(6-7-14-9)10-2-4-11(5-3-10)13(15)16;/h2-8H,1H3,(H,15,16);1H. The molecule has 0 radical (unpaired) electrons. The maximum atomic E-state index is 10.7. The summed E-state index contributed by atoms with van der Waals surface area (Å²) in [6.07, 6.45) is 1.75. The van der Waals surface area contributed by atoms with Crippen molar-refractivity contribution < 1.29 is 9.90 Å². The molecule has 4 heteroatoms. The van der Waals surface area contributed by atoms with Gasteiger partial charge < -0.3 is 5.11 Å². The number of carboxylic acids is 1. The highest BCUT2D eigenvalue weighted by Crippen LogP contribution is 2.19. The summed E-state index contributed by atoms with van der Waals surface area (Å²) in [7, 11) is 0. The van der Waals surface area contributed by atoms with Crippen molar-refractivity contribution >= 4 is 18.4 Å². The number of aryl methyl sites for hydroxylation is 1. The Bertz CT molecular complexity index is 523. The predicted molar refractivity (Wildman–Crippen MR) is 68.6 cm³/mol. The van der Waals surface area contributed by atoms with E-state index in [-0.39, 0.29) is 12.4 Å². The highest BCUT2D eigenvalue weighted by atomic mass is 35.5. The third-order valence-corrected chi connectivity index (χ3v) is 2.36. The highest BCUT2D eigenvalue weighted by Gasteiger charge is 2.03. The molecule has 1 heterocycles. The lowest BCUT2D eigenvalue weighted by Gasteiger charge is -2.02. The molecule has 0 spiro atoms. The van der Waals surface area contributed by atoms with Gasteiger partial charge in [-0.1, -0.05) is 12.1 Å². The van der Waals surface area contributed by atoms with Crippen LogP contribution in [-0.4, -0.2) is 16.1 Å². The number of carbonyl (C=O) groups is 1. The minimum atomic E-state index is -0.905. The number of hydrogen-bond acceptors (Lipinski definition) is 2. The van der Waals surface area contributed by atoms with Crippen molar-refractivity contribution in [3.63, 3.8) is 0 Å². The van der Waals surface area contributed by atoms with Gasteiger partial charge in [-0.15, -0.1) is 12.4 Å². The number of aromatic nitrogens is 1. The van der Waals surface area contributed by atoms with Crippen molar-refractivity contribution in [1.29, 1.82) is 0 Å². The summed E-state index contributed by atoms with van der Waals surface area (Å²) in [6, 6.07) is 10.7. The number of carboxylic acid groups (broad SMARTS) is 1. The Labute approximate surface area is 106 Å². The first-order valence-electron chi connectivity index (χ1n) is 4.93. The molecule has 0 saturated carbocycles. The van der Waals surface area contributed by atoms with E-state index in [4.69, 9.17) is 5.11 Å². The average molecular weight is 250 g/mol. The number of benzene rings is 1. The molecule has 17 heavy (non-hydrogen) atoms. The van der Waals surface area contributed by atoms with E-state index >= 15 is 0 Å². The number of rotatable bonds is 2. The van der Waals surface area contributed by atoms with Crippen molar-refractivity contribution in [2.75, 3.05) is 0 Å². The van der Waals surface area contributed by atoms with Gasteiger partial charge in [0.15, 0.2) is 0 Å². The fraction of sp³-hybridized carbons (Fsp3) is 0.0769. The summed E-state index contributed by atoms with van der Waals surface area (Å²) in [5, 5.41) is 8.78. The van der Waals surface area contributed by atoms with Crippen LogP contribution < -0.4 is 0 Å². The second-order valence-corrected chi connectivity index (χ2v) is 3.57. The molecule has 0 unspecified atom stereocenters. The van der Waals surface area contributed by atoms with Crippen molar-refractivity contribution in [3.05, 3.63) is 53.9 Å². The fourth-order valence-corrected chi connectivity index (χ4v) is 1.53. The quantitative estimate of drug-likeness (QED) is 0.889. The summed E-state index contributed by atoms with van der Waals surface area (Å²) < 4.78 is 0. The van der Waals surface area contributed by atoms with Gasteiger partial charge in [-0.25, -0.2) is 4.79 Å². The zero-order valence-electron chi connectivity index (χ0n) is 9.25. The molecule has 1 aromatic carbocycles. The van der Waals surface area contributed by atoms with Gasteiger partial charge in [0.2, 0.25) is 0 Å². The molecule has 88 valence electrons. The average Bonchev–Trinajstić information content (AvgIpc) is 2.29. The number of hydrogen-bond donors (Lipinski definition) is 1. The van der Waals surface area contributed by atoms with Crippen molar-refractivity contribution in [2.45, 2.75) is 6.92 Å². The zero-order chi connectivity index (χ0) is 11.5. The largest absolute Gasteiger partial charge is 0.478 e. The molecule has 0 aliphatic heterocycles. The Kier molecular flexibility index (Phi) is 4.24. The van der Waals surface area contributed by atoms with Crippen LogP contribution in [-0.2, 0) is 0 Å². The molecule has 0 saturated heterocycles. The van der Waals surface area contributed by atoms with Crippen molar-refractivity contribution in [3.8, 4) is 11.1 Å². The normalized spacial score (nSPS) is 9.47. The molecule has 0 fully saturated rings. The molecule has 2 aromatic rings. The van der Waals surface area contributed by atoms with Gasteiger partial charge in [-0.2, -0.15) is 0 Å². The SMILES string of the molecule is Cc1cc(-c2ccc(C(=O)O)cc2)ccn1.Cl. The molecule has 0 aliphatic carbocycles. The number of nitrogens with zero attached hydrogens (tertiary/aromatic N) is 1. The van der Waals surface area contributed by atoms with E-state index < -0.39 is 5.97 Å². The molecular formula is C13H12ClNO2. The third kappa shape index (κ3) is 3.04. The van der Waals surface area contributed by atoms with Crippen LogP contribution in [0.3, 0.4) is 0 Å². The predicted octanol–water partition coefficient (Wildman–Crippen LogP) is 3.18. The Morgan fingerprint density at radius 2 is 1.76 bits per heavy atom. The van der Waals surface area contributed by atoms with Gasteiger partial charge >= 0.3 is 5.97 Å². The molecule has 0 amide bonds. The van der Waals surface area contributed by atoms with Crippen LogP contribution in [0.15, 0.2) is 42.6 Å². The lowest BCUT2D eigenvalue weighted by molar-refractivity contribution is 0.0697. The number of aromatic carboxylic acids is 1. The third-order valence-electron chi connectivity index (χ3n) is 2.36. The lowest BCUT2D eigenvalue weighted by atomic mass is 10.0. The van der Waals surface area contributed by atoms with Crippen LogP contribution in [0.5, 0.6) is 0 Å². The van der Waals surface area contributed by atoms with Gasteiger partial charge in [-0.05, 0) is 42.3 Å². The Morgan fingerprint density at radius 1 is 1.12 bits per heavy atom. The van der Waals surface area contributed by atoms with Crippen LogP contribution in [0.1, 0.15) is 16.1 Å². The fourth-order valence-electron chi connectivity index (χ4n) is 1.53. The minimum absolute atomic E-state index is 0. The lowest BCUT2D eigenvalue weighted by Crippen LogP contribution is -1.95. The molecule has 3 nitrogen and oxygen atoms in total. The molecule has 2 rings (SSSR count). The van der Waals surface area contributed by atoms with Crippen molar-refractivity contribution in [1.82, 2.24) is 4.98 Å². The first kappa shape index (κ1) is 13.2. The Balaban J connectivity index is 0.00000144. The molecule has 0 aliphatic rings. The van der Waals surface area contributed by atoms with Gasteiger partial charge in [0.05, 0.1) is 5.56 Å². The maximum Gasteiger partial charge on any atom is 0.335 e. The van der Waals surface area contributed by atoms with Gasteiger partial charge in [-0.3, -0.25) is 4.98 Å². The smallest absolute Gasteiger partial charge is 0.335 e. The van der Waals surface area contributed by atoms with E-state index in [0.717, 1.165) is 16.8 Å². The zero-order valence-corrected chi connectivity index (χ0v) is 10.1. The van der Waals surface area contributed by atoms with E-state index in [9.17, 15) is 4.79 Å². The maximum absolute atomic E-state index is 10.7. The van der Waals surface area contributed by atoms with Crippen molar-refractivity contribution in [2.24, 2.45) is 0 Å². The molecule has 0 bridgehead atoms. The summed E-state index contributed by atoms with van der Waals surface area (Å²) in [4.78, 5) is 14.8. The first-order chi connectivity index (χ1) is 7.66. The van der Waals surface area contributed by atoms with E-state index in [1.807, 2.05) is 19.1 Å². The second-order valence-electron chi connectivity index (χ2n) is 3.57. The number of pyridine rings is 1. The van der Waals surface area contributed by atoms with E-state index in [0.29, 0.717) is 5.56 Å². The van der Waals surface area contributed by atoms with Crippen LogP contribution in [0.4, 0.5) is 0 Å². The molecule has 0 atom stereocenters. The summed E-state index contributed by atoms with van der Waals surface area (Å²) in [5.74, 6) is -0.905. The van der Waals surface area contributed by atoms with Crippen LogP contribution in [0.25, 0.3) is 11.1 Å². The first-order valence-corrected chi connectivity index (χ1v) is 4.93. The molecule has 1 aromatic heterocycles. The Morgan fingerprint density at radius 3 is 2.29 bits per heavy atom. The van der Waals surface area contributed by atoms with Gasteiger partial charge in [0.1, 0.15) is 0 Å². The summed E-state index contributed by atoms with van der Waals surface area (Å²) in [5.41, 5.74) is 3.29. The molecular weight excluding hydrogens is 238 g/mol. The topological polar surface area (TPSA) is 50.2 Å². The van der Waals surface area contributed by atoms with E-state index in [2.05, 4.69) is 4.98 Å². The molecule has 1 N–H and O–H groups in total. The van der Waals surface area contributed by atoms with Gasteiger partial charge in [0, 0.05) is 11.9 Å². The summed E-state index contributed by atoms with van der Waals surface area (Å²) >= 11 is 0. The Hall–Kier alpha value is -1.87. The van der Waals surface area contributed by atoms with Gasteiger partial charge in [0.25, 0.3) is 0 Å². The number of halogens is 1. The monoisotopic (exact) mass is 249 g/mol.